The normalized spacial score (nSPS) is 9.45. The maximum Gasteiger partial charge on any atom is 0.373 e. The Morgan fingerprint density at radius 1 is 1.10 bits per heavy atom. The van der Waals surface area contributed by atoms with Gasteiger partial charge in [0.15, 0.2) is 0 Å². The fourth-order valence-electron chi connectivity index (χ4n) is 0.785. The van der Waals surface area contributed by atoms with Crippen molar-refractivity contribution in [2.75, 3.05) is 0 Å². The van der Waals surface area contributed by atoms with Gasteiger partial charge in [-0.3, -0.25) is 4.89 Å². The Morgan fingerprint density at radius 2 is 1.55 bits per heavy atom. The van der Waals surface area contributed by atoms with E-state index < -0.39 is 17.5 Å². The Labute approximate surface area is 140 Å². The molecule has 1 aromatic rings. The van der Waals surface area contributed by atoms with Gasteiger partial charge in [0, 0.05) is 36.5 Å². The molecule has 0 spiro atoms. The van der Waals surface area contributed by atoms with Gasteiger partial charge >= 0.3 is 11.9 Å². The van der Waals surface area contributed by atoms with Crippen LogP contribution in [-0.4, -0.2) is 52.4 Å². The average molecular weight is 293 g/mol. The smallest absolute Gasteiger partial charge is 0.301 e. The molecule has 0 amide bonds. The van der Waals surface area contributed by atoms with E-state index in [2.05, 4.69) is 9.78 Å². The third kappa shape index (κ3) is 12.1. The Bertz CT molecular complexity index is 399. The van der Waals surface area contributed by atoms with E-state index >= 15 is 0 Å². The molecule has 0 heterocycles. The summed E-state index contributed by atoms with van der Waals surface area (Å²) in [7, 11) is 0. The summed E-state index contributed by atoms with van der Waals surface area (Å²) in [5.41, 5.74) is 0.00140. The van der Waals surface area contributed by atoms with E-state index in [1.54, 1.807) is 24.3 Å². The Morgan fingerprint density at radius 3 is 1.90 bits per heavy atom. The standard InChI is InChI=1S/C11H14O3.C2H4O3.Na/c1-11(2,3)14-13-10(12)9-7-5-4-6-8-9;1-2(3)5-4;/h4-8H,1-3H3;4H,1H3;. The molecule has 0 aliphatic heterocycles. The van der Waals surface area contributed by atoms with Gasteiger partial charge < -0.3 is 4.89 Å². The van der Waals surface area contributed by atoms with Crippen molar-refractivity contribution >= 4 is 41.5 Å². The molecule has 1 rings (SSSR count). The molecule has 7 heteroatoms. The Kier molecular flexibility index (Phi) is 11.6. The molecule has 1 aromatic carbocycles. The number of carbonyl (C=O) groups is 2. The number of hydrogen-bond acceptors (Lipinski definition) is 6. The summed E-state index contributed by atoms with van der Waals surface area (Å²) in [5.74, 6) is -1.16. The van der Waals surface area contributed by atoms with E-state index in [9.17, 15) is 9.59 Å². The van der Waals surface area contributed by atoms with Crippen LogP contribution in [0.4, 0.5) is 0 Å². The molecular weight excluding hydrogens is 275 g/mol. The summed E-state index contributed by atoms with van der Waals surface area (Å²) < 4.78 is 0. The molecule has 0 atom stereocenters. The van der Waals surface area contributed by atoms with Crippen molar-refractivity contribution in [3.05, 3.63) is 35.9 Å². The van der Waals surface area contributed by atoms with Gasteiger partial charge in [-0.05, 0) is 32.9 Å². The second kappa shape index (κ2) is 10.8. The molecule has 0 unspecified atom stereocenters. The monoisotopic (exact) mass is 293 g/mol. The second-order valence-corrected chi connectivity index (χ2v) is 4.52. The predicted octanol–water partition coefficient (Wildman–Crippen LogP) is 2.22. The fourth-order valence-corrected chi connectivity index (χ4v) is 0.785. The van der Waals surface area contributed by atoms with E-state index in [1.807, 2.05) is 26.8 Å². The van der Waals surface area contributed by atoms with Crippen LogP contribution in [0.15, 0.2) is 30.3 Å². The average Bonchev–Trinajstić information content (AvgIpc) is 2.37. The van der Waals surface area contributed by atoms with E-state index in [4.69, 9.17) is 10.1 Å². The van der Waals surface area contributed by atoms with Gasteiger partial charge in [-0.2, -0.15) is 10.1 Å². The van der Waals surface area contributed by atoms with E-state index in [1.165, 1.54) is 0 Å². The van der Waals surface area contributed by atoms with Crippen LogP contribution in [-0.2, 0) is 19.5 Å². The summed E-state index contributed by atoms with van der Waals surface area (Å²) in [4.78, 5) is 33.3. The van der Waals surface area contributed by atoms with Crippen LogP contribution in [0.25, 0.3) is 0 Å². The van der Waals surface area contributed by atoms with Crippen molar-refractivity contribution in [3.63, 3.8) is 0 Å². The minimum Gasteiger partial charge on any atom is -0.301 e. The van der Waals surface area contributed by atoms with Crippen LogP contribution >= 0.6 is 0 Å². The van der Waals surface area contributed by atoms with Gasteiger partial charge in [-0.25, -0.2) is 9.59 Å². The summed E-state index contributed by atoms with van der Waals surface area (Å²) in [6.45, 7) is 6.54. The van der Waals surface area contributed by atoms with Crippen LogP contribution < -0.4 is 0 Å². The topological polar surface area (TPSA) is 82.1 Å². The maximum atomic E-state index is 11.3. The summed E-state index contributed by atoms with van der Waals surface area (Å²) in [5, 5.41) is 7.29. The van der Waals surface area contributed by atoms with Gasteiger partial charge in [-0.15, -0.1) is 0 Å². The fraction of sp³-hybridized carbons (Fsp3) is 0.385. The van der Waals surface area contributed by atoms with Crippen LogP contribution in [0, 0.1) is 0 Å². The molecule has 0 aliphatic rings. The molecule has 1 radical (unpaired) electrons. The first-order valence-corrected chi connectivity index (χ1v) is 5.53. The Balaban J connectivity index is 0. The second-order valence-electron chi connectivity index (χ2n) is 4.52. The van der Waals surface area contributed by atoms with Gasteiger partial charge in [0.2, 0.25) is 0 Å². The van der Waals surface area contributed by atoms with Crippen LogP contribution in [0.1, 0.15) is 38.1 Å². The number of benzene rings is 1. The molecule has 107 valence electrons. The molecule has 0 saturated carbocycles. The van der Waals surface area contributed by atoms with E-state index in [0.29, 0.717) is 5.56 Å². The van der Waals surface area contributed by atoms with E-state index in [-0.39, 0.29) is 29.6 Å². The van der Waals surface area contributed by atoms with Crippen molar-refractivity contribution < 1.29 is 29.5 Å². The van der Waals surface area contributed by atoms with E-state index in [0.717, 1.165) is 6.92 Å². The van der Waals surface area contributed by atoms with Crippen molar-refractivity contribution in [3.8, 4) is 0 Å². The van der Waals surface area contributed by atoms with Crippen molar-refractivity contribution in [1.82, 2.24) is 0 Å². The first kappa shape index (κ1) is 21.4. The SMILES string of the molecule is CC(=O)OO.CC(C)(C)OOC(=O)c1ccccc1.[Na]. The third-order valence-electron chi connectivity index (χ3n) is 1.51. The molecule has 1 N–H and O–H groups in total. The first-order chi connectivity index (χ1) is 8.76. The molecule has 0 saturated heterocycles. The third-order valence-corrected chi connectivity index (χ3v) is 1.51. The molecule has 0 bridgehead atoms. The molecular formula is C13H18NaO6. The zero-order valence-corrected chi connectivity index (χ0v) is 14.4. The van der Waals surface area contributed by atoms with Gasteiger partial charge in [-0.1, -0.05) is 18.2 Å². The number of carbonyl (C=O) groups excluding carboxylic acids is 2. The predicted molar refractivity (Wildman–Crippen MR) is 72.8 cm³/mol. The first-order valence-electron chi connectivity index (χ1n) is 5.53. The van der Waals surface area contributed by atoms with Gasteiger partial charge in [0.25, 0.3) is 0 Å². The van der Waals surface area contributed by atoms with Crippen LogP contribution in [0.5, 0.6) is 0 Å². The largest absolute Gasteiger partial charge is 0.373 e. The number of rotatable bonds is 2. The zero-order valence-electron chi connectivity index (χ0n) is 12.4. The summed E-state index contributed by atoms with van der Waals surface area (Å²) in [6.07, 6.45) is 0. The minimum absolute atomic E-state index is 0. The molecule has 0 fully saturated rings. The van der Waals surface area contributed by atoms with Gasteiger partial charge in [0.05, 0.1) is 5.56 Å². The molecule has 20 heavy (non-hydrogen) atoms. The maximum absolute atomic E-state index is 11.3. The van der Waals surface area contributed by atoms with Crippen molar-refractivity contribution in [2.24, 2.45) is 0 Å². The molecule has 0 aromatic heterocycles. The number of hydrogen-bond donors (Lipinski definition) is 1. The van der Waals surface area contributed by atoms with Crippen molar-refractivity contribution in [2.45, 2.75) is 33.3 Å². The van der Waals surface area contributed by atoms with Crippen molar-refractivity contribution in [1.29, 1.82) is 0 Å². The molecule has 6 nitrogen and oxygen atoms in total. The van der Waals surface area contributed by atoms with Gasteiger partial charge in [0.1, 0.15) is 5.60 Å². The summed E-state index contributed by atoms with van der Waals surface area (Å²) >= 11 is 0. The zero-order chi connectivity index (χ0) is 14.9. The van der Waals surface area contributed by atoms with Crippen LogP contribution in [0.2, 0.25) is 0 Å². The molecule has 0 aliphatic carbocycles. The quantitative estimate of drug-likeness (QED) is 0.511. The van der Waals surface area contributed by atoms with Crippen LogP contribution in [0.3, 0.4) is 0 Å². The summed E-state index contributed by atoms with van der Waals surface area (Å²) in [6, 6.07) is 8.73. The Hall–Kier alpha value is -0.920. The minimum atomic E-state index is -0.690.